The molecule has 0 unspecified atom stereocenters. The van der Waals surface area contributed by atoms with Gasteiger partial charge in [-0.1, -0.05) is 17.7 Å². The summed E-state index contributed by atoms with van der Waals surface area (Å²) in [5, 5.41) is -0.481. The molecule has 0 fully saturated rings. The third-order valence-electron chi connectivity index (χ3n) is 1.60. The van der Waals surface area contributed by atoms with Crippen LogP contribution < -0.4 is 0 Å². The summed E-state index contributed by atoms with van der Waals surface area (Å²) in [7, 11) is 0. The Bertz CT molecular complexity index is 480. The predicted molar refractivity (Wildman–Crippen MR) is 54.8 cm³/mol. The average molecular weight is 232 g/mol. The number of benzene rings is 1. The van der Waals surface area contributed by atoms with Crippen LogP contribution in [0.2, 0.25) is 4.47 Å². The van der Waals surface area contributed by atoms with Gasteiger partial charge < -0.3 is 0 Å². The van der Waals surface area contributed by atoms with Crippen LogP contribution in [0.15, 0.2) is 18.2 Å². The lowest BCUT2D eigenvalue weighted by Crippen LogP contribution is -1.87. The molecule has 2 aromatic rings. The van der Waals surface area contributed by atoms with Gasteiger partial charge >= 0.3 is 0 Å². The molecular formula is C8H3Cl2NOS. The van der Waals surface area contributed by atoms with E-state index in [-0.39, 0.29) is 0 Å². The minimum atomic E-state index is -0.481. The van der Waals surface area contributed by atoms with Gasteiger partial charge in [-0.25, -0.2) is 4.98 Å². The SMILES string of the molecule is O=C(Cl)c1cccc2nc(Cl)sc12. The molecule has 2 rings (SSSR count). The monoisotopic (exact) mass is 231 g/mol. The number of hydrogen-bond donors (Lipinski definition) is 0. The van der Waals surface area contributed by atoms with Crippen molar-refractivity contribution in [2.75, 3.05) is 0 Å². The third kappa shape index (κ3) is 1.55. The van der Waals surface area contributed by atoms with Crippen molar-refractivity contribution in [3.8, 4) is 0 Å². The first-order valence-corrected chi connectivity index (χ1v) is 5.00. The van der Waals surface area contributed by atoms with Gasteiger partial charge in [-0.2, -0.15) is 0 Å². The van der Waals surface area contributed by atoms with E-state index in [1.807, 2.05) is 0 Å². The van der Waals surface area contributed by atoms with Crippen LogP contribution in [0.3, 0.4) is 0 Å². The van der Waals surface area contributed by atoms with E-state index in [0.29, 0.717) is 15.5 Å². The van der Waals surface area contributed by atoms with Crippen molar-refractivity contribution in [1.82, 2.24) is 4.98 Å². The van der Waals surface area contributed by atoms with Crippen LogP contribution in [0.1, 0.15) is 10.4 Å². The fraction of sp³-hybridized carbons (Fsp3) is 0. The van der Waals surface area contributed by atoms with Crippen molar-refractivity contribution < 1.29 is 4.79 Å². The van der Waals surface area contributed by atoms with Crippen molar-refractivity contribution in [2.24, 2.45) is 0 Å². The van der Waals surface area contributed by atoms with Gasteiger partial charge in [-0.05, 0) is 23.7 Å². The minimum Gasteiger partial charge on any atom is -0.276 e. The van der Waals surface area contributed by atoms with E-state index in [1.165, 1.54) is 11.3 Å². The predicted octanol–water partition coefficient (Wildman–Crippen LogP) is 3.33. The van der Waals surface area contributed by atoms with E-state index in [4.69, 9.17) is 23.2 Å². The number of carbonyl (C=O) groups excluding carboxylic acids is 1. The molecule has 0 spiro atoms. The molecule has 0 N–H and O–H groups in total. The molecule has 0 bridgehead atoms. The highest BCUT2D eigenvalue weighted by Crippen LogP contribution is 2.29. The van der Waals surface area contributed by atoms with Gasteiger partial charge in [0, 0.05) is 0 Å². The van der Waals surface area contributed by atoms with E-state index in [2.05, 4.69) is 4.98 Å². The summed E-state index contributed by atoms with van der Waals surface area (Å²) in [6.45, 7) is 0. The molecule has 0 aliphatic rings. The second-order valence-corrected chi connectivity index (χ2v) is 4.32. The minimum absolute atomic E-state index is 0.417. The van der Waals surface area contributed by atoms with Gasteiger partial charge in [0.05, 0.1) is 15.8 Å². The standard InChI is InChI=1S/C8H3Cl2NOS/c9-7(12)4-2-1-3-5-6(4)13-8(10)11-5/h1-3H. The van der Waals surface area contributed by atoms with Crippen LogP contribution in [0.4, 0.5) is 0 Å². The third-order valence-corrected chi connectivity index (χ3v) is 3.01. The van der Waals surface area contributed by atoms with Crippen LogP contribution >= 0.6 is 34.5 Å². The molecule has 66 valence electrons. The smallest absolute Gasteiger partial charge is 0.253 e. The Labute approximate surface area is 88.1 Å². The molecule has 0 saturated heterocycles. The topological polar surface area (TPSA) is 30.0 Å². The fourth-order valence-corrected chi connectivity index (χ4v) is 2.41. The van der Waals surface area contributed by atoms with Crippen LogP contribution in [-0.4, -0.2) is 10.2 Å². The summed E-state index contributed by atoms with van der Waals surface area (Å²) >= 11 is 12.4. The van der Waals surface area contributed by atoms with Crippen LogP contribution in [0, 0.1) is 0 Å². The summed E-state index contributed by atoms with van der Waals surface area (Å²) in [6, 6.07) is 5.18. The number of fused-ring (bicyclic) bond motifs is 1. The first-order chi connectivity index (χ1) is 6.18. The van der Waals surface area contributed by atoms with E-state index in [9.17, 15) is 4.79 Å². The second kappa shape index (κ2) is 3.25. The summed E-state index contributed by atoms with van der Waals surface area (Å²) < 4.78 is 1.16. The van der Waals surface area contributed by atoms with Crippen molar-refractivity contribution in [3.63, 3.8) is 0 Å². The Morgan fingerprint density at radius 1 is 1.46 bits per heavy atom. The lowest BCUT2D eigenvalue weighted by atomic mass is 10.2. The summed E-state index contributed by atoms with van der Waals surface area (Å²) in [6.07, 6.45) is 0. The molecule has 1 aromatic heterocycles. The highest BCUT2D eigenvalue weighted by Gasteiger charge is 2.10. The Kier molecular flexibility index (Phi) is 2.24. The van der Waals surface area contributed by atoms with E-state index >= 15 is 0 Å². The average Bonchev–Trinajstić information content (AvgIpc) is 2.43. The number of aromatic nitrogens is 1. The molecule has 13 heavy (non-hydrogen) atoms. The first-order valence-electron chi connectivity index (χ1n) is 3.43. The van der Waals surface area contributed by atoms with E-state index in [1.54, 1.807) is 18.2 Å². The van der Waals surface area contributed by atoms with Crippen molar-refractivity contribution >= 4 is 50.0 Å². The molecule has 0 aliphatic heterocycles. The normalized spacial score (nSPS) is 10.6. The Morgan fingerprint density at radius 3 is 2.92 bits per heavy atom. The molecule has 1 heterocycles. The van der Waals surface area contributed by atoms with Crippen molar-refractivity contribution in [2.45, 2.75) is 0 Å². The number of nitrogens with zero attached hydrogens (tertiary/aromatic N) is 1. The number of carbonyl (C=O) groups is 1. The molecule has 0 aliphatic carbocycles. The Hall–Kier alpha value is -0.640. The highest BCUT2D eigenvalue weighted by molar-refractivity contribution is 7.22. The molecule has 0 saturated carbocycles. The van der Waals surface area contributed by atoms with Gasteiger partial charge in [0.1, 0.15) is 0 Å². The number of halogens is 2. The molecule has 0 amide bonds. The summed E-state index contributed by atoms with van der Waals surface area (Å²) in [5.41, 5.74) is 1.17. The first kappa shape index (κ1) is 8.94. The zero-order valence-electron chi connectivity index (χ0n) is 6.25. The quantitative estimate of drug-likeness (QED) is 0.706. The summed E-state index contributed by atoms with van der Waals surface area (Å²) in [4.78, 5) is 15.0. The molecule has 5 heteroatoms. The van der Waals surface area contributed by atoms with Crippen LogP contribution in [0.25, 0.3) is 10.2 Å². The molecule has 0 radical (unpaired) electrons. The molecular weight excluding hydrogens is 229 g/mol. The maximum Gasteiger partial charge on any atom is 0.253 e. The Balaban J connectivity index is 2.82. The van der Waals surface area contributed by atoms with E-state index in [0.717, 1.165) is 4.70 Å². The lowest BCUT2D eigenvalue weighted by Gasteiger charge is -1.92. The van der Waals surface area contributed by atoms with Crippen molar-refractivity contribution in [3.05, 3.63) is 28.2 Å². The molecule has 2 nitrogen and oxygen atoms in total. The molecule has 1 aromatic carbocycles. The van der Waals surface area contributed by atoms with Gasteiger partial charge in [-0.15, -0.1) is 11.3 Å². The maximum absolute atomic E-state index is 11.0. The zero-order valence-corrected chi connectivity index (χ0v) is 8.58. The highest BCUT2D eigenvalue weighted by atomic mass is 35.5. The number of rotatable bonds is 1. The largest absolute Gasteiger partial charge is 0.276 e. The van der Waals surface area contributed by atoms with Gasteiger partial charge in [-0.3, -0.25) is 4.79 Å². The fourth-order valence-electron chi connectivity index (χ4n) is 1.08. The van der Waals surface area contributed by atoms with Gasteiger partial charge in [0.25, 0.3) is 5.24 Å². The maximum atomic E-state index is 11.0. The molecule has 0 atom stereocenters. The van der Waals surface area contributed by atoms with Gasteiger partial charge in [0.15, 0.2) is 4.47 Å². The van der Waals surface area contributed by atoms with Crippen LogP contribution in [0.5, 0.6) is 0 Å². The summed E-state index contributed by atoms with van der Waals surface area (Å²) in [5.74, 6) is 0. The van der Waals surface area contributed by atoms with Gasteiger partial charge in [0.2, 0.25) is 0 Å². The van der Waals surface area contributed by atoms with E-state index < -0.39 is 5.24 Å². The second-order valence-electron chi connectivity index (χ2n) is 2.39. The number of thiazole rings is 1. The van der Waals surface area contributed by atoms with Crippen molar-refractivity contribution in [1.29, 1.82) is 0 Å². The Morgan fingerprint density at radius 2 is 2.23 bits per heavy atom. The number of hydrogen-bond acceptors (Lipinski definition) is 3. The lowest BCUT2D eigenvalue weighted by molar-refractivity contribution is 0.108. The zero-order chi connectivity index (χ0) is 9.42. The van der Waals surface area contributed by atoms with Crippen LogP contribution in [-0.2, 0) is 0 Å².